The highest BCUT2D eigenvalue weighted by molar-refractivity contribution is 9.10. The highest BCUT2D eigenvalue weighted by Gasteiger charge is 2.47. The molecule has 1 heterocycles. The van der Waals surface area contributed by atoms with Gasteiger partial charge in [-0.05, 0) is 51.6 Å². The summed E-state index contributed by atoms with van der Waals surface area (Å²) in [4.78, 5) is 1.12. The Morgan fingerprint density at radius 1 is 1.41 bits per heavy atom. The molecular weight excluding hydrogens is 296 g/mol. The zero-order valence-electron chi connectivity index (χ0n) is 10.8. The number of halogens is 1. The fraction of sp³-hybridized carbons (Fsp3) is 0.714. The molecule has 0 aromatic carbocycles. The van der Waals surface area contributed by atoms with Crippen LogP contribution in [-0.2, 0) is 5.60 Å². The Morgan fingerprint density at radius 2 is 2.12 bits per heavy atom. The molecule has 1 aromatic heterocycles. The van der Waals surface area contributed by atoms with E-state index in [1.54, 1.807) is 11.3 Å². The molecule has 3 heteroatoms. The van der Waals surface area contributed by atoms with Crippen LogP contribution >= 0.6 is 27.3 Å². The van der Waals surface area contributed by atoms with Crippen molar-refractivity contribution in [1.82, 2.24) is 0 Å². The SMILES string of the molecule is CC(C)(C)C1CCCCC1(O)c1sccc1Br. The molecule has 2 atom stereocenters. The van der Waals surface area contributed by atoms with Gasteiger partial charge in [-0.25, -0.2) is 0 Å². The number of aliphatic hydroxyl groups is 1. The van der Waals surface area contributed by atoms with Crippen molar-refractivity contribution in [1.29, 1.82) is 0 Å². The summed E-state index contributed by atoms with van der Waals surface area (Å²) in [6.07, 6.45) is 4.40. The van der Waals surface area contributed by atoms with E-state index in [1.807, 2.05) is 6.07 Å². The molecule has 1 nitrogen and oxygen atoms in total. The quantitative estimate of drug-likeness (QED) is 0.778. The van der Waals surface area contributed by atoms with Crippen LogP contribution in [0.1, 0.15) is 51.3 Å². The van der Waals surface area contributed by atoms with Crippen molar-refractivity contribution >= 4 is 27.3 Å². The molecule has 17 heavy (non-hydrogen) atoms. The van der Waals surface area contributed by atoms with Gasteiger partial charge in [0.1, 0.15) is 5.60 Å². The molecule has 0 saturated heterocycles. The summed E-state index contributed by atoms with van der Waals surface area (Å²) in [7, 11) is 0. The van der Waals surface area contributed by atoms with Gasteiger partial charge in [-0.2, -0.15) is 0 Å². The molecule has 1 aliphatic rings. The van der Waals surface area contributed by atoms with Crippen molar-refractivity contribution < 1.29 is 5.11 Å². The summed E-state index contributed by atoms with van der Waals surface area (Å²) in [5.41, 5.74) is -0.484. The third-order valence-electron chi connectivity index (χ3n) is 3.93. The van der Waals surface area contributed by atoms with Crippen LogP contribution in [-0.4, -0.2) is 5.11 Å². The topological polar surface area (TPSA) is 20.2 Å². The van der Waals surface area contributed by atoms with E-state index in [0.29, 0.717) is 5.92 Å². The lowest BCUT2D eigenvalue weighted by Gasteiger charge is -2.46. The molecule has 1 aromatic rings. The number of hydrogen-bond acceptors (Lipinski definition) is 2. The minimum atomic E-state index is -0.635. The summed E-state index contributed by atoms with van der Waals surface area (Å²) in [6, 6.07) is 2.05. The van der Waals surface area contributed by atoms with Gasteiger partial charge in [-0.3, -0.25) is 0 Å². The molecule has 2 rings (SSSR count). The molecule has 96 valence electrons. The van der Waals surface area contributed by atoms with Crippen molar-refractivity contribution in [2.75, 3.05) is 0 Å². The monoisotopic (exact) mass is 316 g/mol. The number of rotatable bonds is 1. The fourth-order valence-corrected chi connectivity index (χ4v) is 5.08. The maximum atomic E-state index is 11.2. The first-order chi connectivity index (χ1) is 7.86. The van der Waals surface area contributed by atoms with E-state index >= 15 is 0 Å². The van der Waals surface area contributed by atoms with E-state index in [2.05, 4.69) is 42.1 Å². The predicted octanol–water partition coefficient (Wildman–Crippen LogP) is 4.93. The van der Waals surface area contributed by atoms with E-state index in [0.717, 1.165) is 28.6 Å². The van der Waals surface area contributed by atoms with E-state index in [1.165, 1.54) is 6.42 Å². The third kappa shape index (κ3) is 2.47. The third-order valence-corrected chi connectivity index (χ3v) is 5.94. The number of hydrogen-bond donors (Lipinski definition) is 1. The molecule has 0 aliphatic heterocycles. The Hall–Kier alpha value is 0.140. The van der Waals surface area contributed by atoms with Gasteiger partial charge in [0, 0.05) is 4.47 Å². The van der Waals surface area contributed by atoms with Crippen LogP contribution in [0.15, 0.2) is 15.9 Å². The summed E-state index contributed by atoms with van der Waals surface area (Å²) in [5, 5.41) is 13.2. The molecular formula is C14H21BrOS. The molecule has 1 fully saturated rings. The van der Waals surface area contributed by atoms with Gasteiger partial charge >= 0.3 is 0 Å². The van der Waals surface area contributed by atoms with Crippen molar-refractivity contribution in [3.05, 3.63) is 20.8 Å². The van der Waals surface area contributed by atoms with Crippen molar-refractivity contribution in [3.8, 4) is 0 Å². The zero-order chi connectivity index (χ0) is 12.7. The molecule has 1 saturated carbocycles. The van der Waals surface area contributed by atoms with Gasteiger partial charge < -0.3 is 5.11 Å². The Kier molecular flexibility index (Phi) is 3.73. The van der Waals surface area contributed by atoms with Crippen LogP contribution in [0.25, 0.3) is 0 Å². The Morgan fingerprint density at radius 3 is 2.65 bits per heavy atom. The maximum absolute atomic E-state index is 11.2. The molecule has 0 radical (unpaired) electrons. The Balaban J connectivity index is 2.42. The largest absolute Gasteiger partial charge is 0.384 e. The van der Waals surface area contributed by atoms with Crippen molar-refractivity contribution in [2.24, 2.45) is 11.3 Å². The van der Waals surface area contributed by atoms with E-state index in [-0.39, 0.29) is 5.41 Å². The first kappa shape index (κ1) is 13.6. The second-order valence-electron chi connectivity index (χ2n) is 6.19. The lowest BCUT2D eigenvalue weighted by Crippen LogP contribution is -2.44. The highest BCUT2D eigenvalue weighted by atomic mass is 79.9. The van der Waals surface area contributed by atoms with E-state index < -0.39 is 5.60 Å². The predicted molar refractivity (Wildman–Crippen MR) is 77.3 cm³/mol. The summed E-state index contributed by atoms with van der Waals surface area (Å²) < 4.78 is 1.07. The second kappa shape index (κ2) is 4.67. The first-order valence-electron chi connectivity index (χ1n) is 6.31. The minimum absolute atomic E-state index is 0.151. The molecule has 1 N–H and O–H groups in total. The van der Waals surface area contributed by atoms with Crippen molar-refractivity contribution in [2.45, 2.75) is 52.1 Å². The lowest BCUT2D eigenvalue weighted by molar-refractivity contribution is -0.0937. The zero-order valence-corrected chi connectivity index (χ0v) is 13.2. The van der Waals surface area contributed by atoms with Gasteiger partial charge in [-0.15, -0.1) is 11.3 Å². The normalized spacial score (nSPS) is 30.5. The Labute approximate surface area is 116 Å². The molecule has 1 aliphatic carbocycles. The van der Waals surface area contributed by atoms with Gasteiger partial charge in [0.25, 0.3) is 0 Å². The Bertz CT molecular complexity index is 393. The summed E-state index contributed by atoms with van der Waals surface area (Å²) in [6.45, 7) is 6.74. The van der Waals surface area contributed by atoms with Crippen molar-refractivity contribution in [3.63, 3.8) is 0 Å². The summed E-state index contributed by atoms with van der Waals surface area (Å²) in [5.74, 6) is 0.346. The van der Waals surface area contributed by atoms with Crippen LogP contribution in [0.5, 0.6) is 0 Å². The number of thiophene rings is 1. The average molecular weight is 317 g/mol. The van der Waals surface area contributed by atoms with Gasteiger partial charge in [0.15, 0.2) is 0 Å². The average Bonchev–Trinajstić information content (AvgIpc) is 2.64. The minimum Gasteiger partial charge on any atom is -0.384 e. The van der Waals surface area contributed by atoms with Crippen LogP contribution < -0.4 is 0 Å². The van der Waals surface area contributed by atoms with Crippen LogP contribution in [0.4, 0.5) is 0 Å². The van der Waals surface area contributed by atoms with E-state index in [9.17, 15) is 5.11 Å². The van der Waals surface area contributed by atoms with Crippen LogP contribution in [0.2, 0.25) is 0 Å². The standard InChI is InChI=1S/C14H21BrOS/c1-13(2,3)11-6-4-5-8-14(11,16)12-10(15)7-9-17-12/h7,9,11,16H,4-6,8H2,1-3H3. The maximum Gasteiger partial charge on any atom is 0.103 e. The van der Waals surface area contributed by atoms with Gasteiger partial charge in [0.2, 0.25) is 0 Å². The fourth-order valence-electron chi connectivity index (χ4n) is 3.18. The van der Waals surface area contributed by atoms with Gasteiger partial charge in [0.05, 0.1) is 4.88 Å². The van der Waals surface area contributed by atoms with Crippen LogP contribution in [0, 0.1) is 11.3 Å². The smallest absolute Gasteiger partial charge is 0.103 e. The molecule has 0 bridgehead atoms. The lowest BCUT2D eigenvalue weighted by atomic mass is 9.63. The molecule has 0 spiro atoms. The first-order valence-corrected chi connectivity index (χ1v) is 7.99. The molecule has 0 amide bonds. The molecule has 2 unspecified atom stereocenters. The summed E-state index contributed by atoms with van der Waals surface area (Å²) >= 11 is 5.26. The van der Waals surface area contributed by atoms with Gasteiger partial charge in [-0.1, -0.05) is 33.6 Å². The highest BCUT2D eigenvalue weighted by Crippen LogP contribution is 2.52. The second-order valence-corrected chi connectivity index (χ2v) is 7.96. The van der Waals surface area contributed by atoms with Crippen LogP contribution in [0.3, 0.4) is 0 Å². The van der Waals surface area contributed by atoms with E-state index in [4.69, 9.17) is 0 Å².